The SMILES string of the molecule is CCOc1ccc(/C=N\OCc2nc(-c3ccc(Cl)cc3)no2)cc1OC. The molecule has 27 heavy (non-hydrogen) atoms. The standard InChI is InChI=1S/C19H18ClN3O4/c1-3-25-16-9-4-13(10-17(16)24-2)11-21-26-12-18-22-19(23-27-18)14-5-7-15(20)8-6-14/h4-11H,3,12H2,1-2H3/b21-11-. The average Bonchev–Trinajstić information content (AvgIpc) is 3.16. The zero-order valence-corrected chi connectivity index (χ0v) is 15.6. The average molecular weight is 388 g/mol. The van der Waals surface area contributed by atoms with Crippen molar-refractivity contribution in [1.29, 1.82) is 0 Å². The predicted molar refractivity (Wildman–Crippen MR) is 101 cm³/mol. The van der Waals surface area contributed by atoms with Gasteiger partial charge in [0, 0.05) is 16.1 Å². The van der Waals surface area contributed by atoms with Crippen molar-refractivity contribution in [1.82, 2.24) is 10.1 Å². The first-order valence-corrected chi connectivity index (χ1v) is 8.62. The topological polar surface area (TPSA) is 79.0 Å². The van der Waals surface area contributed by atoms with Crippen LogP contribution in [0.1, 0.15) is 18.4 Å². The highest BCUT2D eigenvalue weighted by Crippen LogP contribution is 2.27. The molecule has 0 saturated heterocycles. The van der Waals surface area contributed by atoms with Crippen LogP contribution in [0.5, 0.6) is 11.5 Å². The van der Waals surface area contributed by atoms with Crippen LogP contribution in [0.25, 0.3) is 11.4 Å². The van der Waals surface area contributed by atoms with E-state index in [2.05, 4.69) is 15.3 Å². The van der Waals surface area contributed by atoms with E-state index in [-0.39, 0.29) is 6.61 Å². The summed E-state index contributed by atoms with van der Waals surface area (Å²) in [6.07, 6.45) is 1.56. The Labute approximate surface area is 161 Å². The molecular weight excluding hydrogens is 370 g/mol. The van der Waals surface area contributed by atoms with Crippen LogP contribution in [0.4, 0.5) is 0 Å². The maximum atomic E-state index is 5.87. The lowest BCUT2D eigenvalue weighted by Gasteiger charge is -2.09. The lowest BCUT2D eigenvalue weighted by Crippen LogP contribution is -1.96. The molecule has 0 spiro atoms. The number of methoxy groups -OCH3 is 1. The highest BCUT2D eigenvalue weighted by Gasteiger charge is 2.09. The van der Waals surface area contributed by atoms with Crippen LogP contribution in [0.3, 0.4) is 0 Å². The van der Waals surface area contributed by atoms with Crippen LogP contribution < -0.4 is 9.47 Å². The van der Waals surface area contributed by atoms with Gasteiger partial charge in [0.25, 0.3) is 5.89 Å². The van der Waals surface area contributed by atoms with Crippen molar-refractivity contribution in [2.24, 2.45) is 5.16 Å². The van der Waals surface area contributed by atoms with Gasteiger partial charge in [-0.15, -0.1) is 0 Å². The Balaban J connectivity index is 1.57. The fraction of sp³-hybridized carbons (Fsp3) is 0.211. The second-order valence-electron chi connectivity index (χ2n) is 5.37. The molecule has 0 aliphatic heterocycles. The minimum absolute atomic E-state index is 0.0608. The van der Waals surface area contributed by atoms with Crippen molar-refractivity contribution >= 4 is 17.8 Å². The molecule has 0 radical (unpaired) electrons. The van der Waals surface area contributed by atoms with E-state index >= 15 is 0 Å². The molecular formula is C19H18ClN3O4. The highest BCUT2D eigenvalue weighted by atomic mass is 35.5. The van der Waals surface area contributed by atoms with Crippen LogP contribution in [-0.4, -0.2) is 30.1 Å². The molecule has 7 nitrogen and oxygen atoms in total. The first-order valence-electron chi connectivity index (χ1n) is 8.24. The van der Waals surface area contributed by atoms with Crippen molar-refractivity contribution in [2.45, 2.75) is 13.5 Å². The van der Waals surface area contributed by atoms with Gasteiger partial charge in [-0.05, 0) is 49.4 Å². The Morgan fingerprint density at radius 2 is 1.96 bits per heavy atom. The number of ether oxygens (including phenoxy) is 2. The van der Waals surface area contributed by atoms with Crippen molar-refractivity contribution in [3.05, 3.63) is 58.9 Å². The Hall–Kier alpha value is -3.06. The Kier molecular flexibility index (Phi) is 6.27. The number of aromatic nitrogens is 2. The zero-order valence-electron chi connectivity index (χ0n) is 14.9. The van der Waals surface area contributed by atoms with Gasteiger partial charge in [-0.3, -0.25) is 0 Å². The van der Waals surface area contributed by atoms with E-state index < -0.39 is 0 Å². The van der Waals surface area contributed by atoms with Gasteiger partial charge in [-0.1, -0.05) is 21.9 Å². The molecule has 0 amide bonds. The van der Waals surface area contributed by atoms with Gasteiger partial charge in [0.2, 0.25) is 5.82 Å². The third-order valence-corrected chi connectivity index (χ3v) is 3.77. The Bertz CT molecular complexity index is 910. The van der Waals surface area contributed by atoms with Gasteiger partial charge >= 0.3 is 0 Å². The van der Waals surface area contributed by atoms with Crippen LogP contribution in [0.2, 0.25) is 5.02 Å². The monoisotopic (exact) mass is 387 g/mol. The van der Waals surface area contributed by atoms with E-state index in [1.165, 1.54) is 0 Å². The van der Waals surface area contributed by atoms with E-state index in [0.717, 1.165) is 11.1 Å². The number of hydrogen-bond donors (Lipinski definition) is 0. The van der Waals surface area contributed by atoms with Crippen molar-refractivity contribution < 1.29 is 18.8 Å². The molecule has 0 saturated carbocycles. The molecule has 3 rings (SSSR count). The molecule has 0 aliphatic rings. The highest BCUT2D eigenvalue weighted by molar-refractivity contribution is 6.30. The van der Waals surface area contributed by atoms with Crippen molar-refractivity contribution in [3.8, 4) is 22.9 Å². The lowest BCUT2D eigenvalue weighted by molar-refractivity contribution is 0.107. The number of nitrogens with zero attached hydrogens (tertiary/aromatic N) is 3. The summed E-state index contributed by atoms with van der Waals surface area (Å²) in [5, 5.41) is 8.47. The van der Waals surface area contributed by atoms with Crippen LogP contribution in [0.15, 0.2) is 52.1 Å². The molecule has 2 aromatic carbocycles. The number of hydrogen-bond acceptors (Lipinski definition) is 7. The summed E-state index contributed by atoms with van der Waals surface area (Å²) in [5.41, 5.74) is 1.61. The maximum Gasteiger partial charge on any atom is 0.267 e. The van der Waals surface area contributed by atoms with Crippen LogP contribution >= 0.6 is 11.6 Å². The molecule has 0 atom stereocenters. The second kappa shape index (κ2) is 9.05. The molecule has 1 aromatic heterocycles. The van der Waals surface area contributed by atoms with Gasteiger partial charge in [0.15, 0.2) is 18.1 Å². The van der Waals surface area contributed by atoms with Crippen LogP contribution in [-0.2, 0) is 11.4 Å². The molecule has 3 aromatic rings. The molecule has 0 fully saturated rings. The van der Waals surface area contributed by atoms with Gasteiger partial charge < -0.3 is 18.8 Å². The molecule has 140 valence electrons. The number of oxime groups is 1. The summed E-state index contributed by atoms with van der Waals surface area (Å²) in [4.78, 5) is 9.48. The Morgan fingerprint density at radius 3 is 2.70 bits per heavy atom. The first-order chi connectivity index (χ1) is 13.2. The zero-order chi connectivity index (χ0) is 19.1. The van der Waals surface area contributed by atoms with E-state index in [1.807, 2.05) is 37.3 Å². The van der Waals surface area contributed by atoms with E-state index in [9.17, 15) is 0 Å². The summed E-state index contributed by atoms with van der Waals surface area (Å²) in [7, 11) is 1.59. The van der Waals surface area contributed by atoms with Gasteiger partial charge in [-0.25, -0.2) is 0 Å². The van der Waals surface area contributed by atoms with Gasteiger partial charge in [0.05, 0.1) is 19.9 Å². The fourth-order valence-corrected chi connectivity index (χ4v) is 2.39. The minimum atomic E-state index is 0.0608. The van der Waals surface area contributed by atoms with Crippen molar-refractivity contribution in [2.75, 3.05) is 13.7 Å². The van der Waals surface area contributed by atoms with E-state index in [4.69, 9.17) is 30.4 Å². The third kappa shape index (κ3) is 4.98. The van der Waals surface area contributed by atoms with Gasteiger partial charge in [-0.2, -0.15) is 4.98 Å². The van der Waals surface area contributed by atoms with E-state index in [0.29, 0.717) is 34.8 Å². The first kappa shape index (κ1) is 18.7. The quantitative estimate of drug-likeness (QED) is 0.422. The summed E-state index contributed by atoms with van der Waals surface area (Å²) < 4.78 is 15.9. The Morgan fingerprint density at radius 1 is 1.15 bits per heavy atom. The second-order valence-corrected chi connectivity index (χ2v) is 5.81. The summed E-state index contributed by atoms with van der Waals surface area (Å²) in [6.45, 7) is 2.54. The summed E-state index contributed by atoms with van der Waals surface area (Å²) in [5.74, 6) is 2.09. The minimum Gasteiger partial charge on any atom is -0.493 e. The van der Waals surface area contributed by atoms with Crippen LogP contribution in [0, 0.1) is 0 Å². The maximum absolute atomic E-state index is 5.87. The number of benzene rings is 2. The lowest BCUT2D eigenvalue weighted by atomic mass is 10.2. The molecule has 8 heteroatoms. The predicted octanol–water partition coefficient (Wildman–Crippen LogP) is 4.35. The van der Waals surface area contributed by atoms with Crippen molar-refractivity contribution in [3.63, 3.8) is 0 Å². The van der Waals surface area contributed by atoms with E-state index in [1.54, 1.807) is 25.5 Å². The largest absolute Gasteiger partial charge is 0.493 e. The van der Waals surface area contributed by atoms with Gasteiger partial charge in [0.1, 0.15) is 0 Å². The summed E-state index contributed by atoms with van der Waals surface area (Å²) in [6, 6.07) is 12.6. The smallest absolute Gasteiger partial charge is 0.267 e. The molecule has 0 aliphatic carbocycles. The third-order valence-electron chi connectivity index (χ3n) is 3.52. The normalized spacial score (nSPS) is 10.9. The molecule has 1 heterocycles. The fourth-order valence-electron chi connectivity index (χ4n) is 2.26. The number of halogens is 1. The number of rotatable bonds is 8. The molecule has 0 bridgehead atoms. The molecule has 0 unspecified atom stereocenters. The molecule has 0 N–H and O–H groups in total. The summed E-state index contributed by atoms with van der Waals surface area (Å²) >= 11 is 5.87.